The standard InChI is InChI=1S/C28H29F4N5O4S/c29-21-14-23(25(41-17-38)15-26(21)42(39,40)36-27-8-9-33-16-34-27)35-22-7-6-19(13-24(22)37-10-1-2-11-37)18-4-3-5-20(12-18)28(30,31)32/h3-5,8-9,12,14-17,19,22,24,35H,1-2,6-7,10-11,13H2,(H,33,34,36)/t19-,22-,24-/m0/s1. The first-order valence-electron chi connectivity index (χ1n) is 13.5. The van der Waals surface area contributed by atoms with Gasteiger partial charge in [-0.15, -0.1) is 0 Å². The van der Waals surface area contributed by atoms with Gasteiger partial charge in [-0.2, -0.15) is 13.2 Å². The highest BCUT2D eigenvalue weighted by atomic mass is 32.2. The fourth-order valence-electron chi connectivity index (χ4n) is 5.81. The van der Waals surface area contributed by atoms with Gasteiger partial charge in [-0.1, -0.05) is 18.2 Å². The maximum atomic E-state index is 15.3. The van der Waals surface area contributed by atoms with E-state index < -0.39 is 32.5 Å². The summed E-state index contributed by atoms with van der Waals surface area (Å²) >= 11 is 0. The number of ether oxygens (including phenoxy) is 1. The van der Waals surface area contributed by atoms with E-state index in [-0.39, 0.29) is 41.7 Å². The van der Waals surface area contributed by atoms with Crippen LogP contribution < -0.4 is 14.8 Å². The van der Waals surface area contributed by atoms with Gasteiger partial charge < -0.3 is 10.1 Å². The SMILES string of the molecule is O=COc1cc(S(=O)(=O)Nc2ccncn2)c(F)cc1N[C@H]1CC[C@H](c2cccc(C(F)(F)F)c2)C[C@@H]1N1CCCC1. The highest BCUT2D eigenvalue weighted by molar-refractivity contribution is 7.92. The van der Waals surface area contributed by atoms with Crippen molar-refractivity contribution >= 4 is 28.0 Å². The predicted octanol–water partition coefficient (Wildman–Crippen LogP) is 5.18. The molecule has 3 aromatic rings. The van der Waals surface area contributed by atoms with Crippen molar-refractivity contribution in [3.05, 3.63) is 71.9 Å². The number of anilines is 2. The third-order valence-electron chi connectivity index (χ3n) is 7.77. The third-order valence-corrected chi connectivity index (χ3v) is 9.14. The number of halogens is 4. The van der Waals surface area contributed by atoms with Gasteiger partial charge in [0.15, 0.2) is 5.75 Å². The first kappa shape index (κ1) is 29.7. The average molecular weight is 608 g/mol. The van der Waals surface area contributed by atoms with Gasteiger partial charge in [0, 0.05) is 30.4 Å². The van der Waals surface area contributed by atoms with Crippen molar-refractivity contribution in [1.29, 1.82) is 0 Å². The molecule has 1 aliphatic heterocycles. The van der Waals surface area contributed by atoms with Gasteiger partial charge in [-0.05, 0) is 68.8 Å². The van der Waals surface area contributed by atoms with Crippen molar-refractivity contribution < 1.29 is 35.5 Å². The predicted molar refractivity (Wildman–Crippen MR) is 146 cm³/mol. The van der Waals surface area contributed by atoms with Crippen LogP contribution in [0.2, 0.25) is 0 Å². The molecule has 1 aromatic heterocycles. The summed E-state index contributed by atoms with van der Waals surface area (Å²) in [6.45, 7) is 1.75. The number of carbonyl (C=O) groups is 1. The Morgan fingerprint density at radius 1 is 1.07 bits per heavy atom. The minimum absolute atomic E-state index is 0.0737. The summed E-state index contributed by atoms with van der Waals surface area (Å²) in [5.41, 5.74) is 0.0230. The average Bonchev–Trinajstić information content (AvgIpc) is 3.49. The Morgan fingerprint density at radius 3 is 2.55 bits per heavy atom. The maximum Gasteiger partial charge on any atom is 0.416 e. The van der Waals surface area contributed by atoms with E-state index in [0.717, 1.165) is 50.5 Å². The summed E-state index contributed by atoms with van der Waals surface area (Å²) in [6, 6.07) is 8.23. The van der Waals surface area contributed by atoms with Crippen LogP contribution in [0.5, 0.6) is 5.75 Å². The number of sulfonamides is 1. The van der Waals surface area contributed by atoms with E-state index in [1.165, 1.54) is 24.4 Å². The van der Waals surface area contributed by atoms with Crippen molar-refractivity contribution in [1.82, 2.24) is 14.9 Å². The lowest BCUT2D eigenvalue weighted by Crippen LogP contribution is -2.49. The van der Waals surface area contributed by atoms with Gasteiger partial charge in [-0.25, -0.2) is 22.8 Å². The number of hydrogen-bond donors (Lipinski definition) is 2. The monoisotopic (exact) mass is 607 g/mol. The molecule has 0 spiro atoms. The summed E-state index contributed by atoms with van der Waals surface area (Å²) in [4.78, 5) is 20.3. The summed E-state index contributed by atoms with van der Waals surface area (Å²) in [5.74, 6) is -1.45. The molecule has 2 N–H and O–H groups in total. The van der Waals surface area contributed by atoms with Gasteiger partial charge in [-0.3, -0.25) is 14.4 Å². The molecule has 14 heteroatoms. The molecule has 5 rings (SSSR count). The lowest BCUT2D eigenvalue weighted by atomic mass is 9.77. The maximum absolute atomic E-state index is 15.3. The van der Waals surface area contributed by atoms with Crippen LogP contribution in [0.3, 0.4) is 0 Å². The number of rotatable bonds is 9. The molecule has 0 amide bonds. The van der Waals surface area contributed by atoms with Crippen LogP contribution in [-0.4, -0.2) is 54.9 Å². The van der Waals surface area contributed by atoms with Gasteiger partial charge in [0.05, 0.1) is 11.3 Å². The molecule has 2 fully saturated rings. The topological polar surface area (TPSA) is 114 Å². The number of nitrogens with zero attached hydrogens (tertiary/aromatic N) is 3. The van der Waals surface area contributed by atoms with Crippen LogP contribution in [-0.2, 0) is 21.0 Å². The minimum atomic E-state index is -4.44. The lowest BCUT2D eigenvalue weighted by Gasteiger charge is -2.42. The Bertz CT molecular complexity index is 1520. The lowest BCUT2D eigenvalue weighted by molar-refractivity contribution is -0.137. The number of hydrogen-bond acceptors (Lipinski definition) is 8. The second kappa shape index (κ2) is 12.2. The fourth-order valence-corrected chi connectivity index (χ4v) is 6.89. The molecule has 0 unspecified atom stereocenters. The van der Waals surface area contributed by atoms with Crippen LogP contribution in [0.25, 0.3) is 0 Å². The molecule has 2 aliphatic rings. The van der Waals surface area contributed by atoms with E-state index >= 15 is 4.39 Å². The highest BCUT2D eigenvalue weighted by Crippen LogP contribution is 2.41. The smallest absolute Gasteiger partial charge is 0.416 e. The molecule has 9 nitrogen and oxygen atoms in total. The first-order chi connectivity index (χ1) is 20.0. The van der Waals surface area contributed by atoms with Crippen LogP contribution >= 0.6 is 0 Å². The molecule has 42 heavy (non-hydrogen) atoms. The van der Waals surface area contributed by atoms with Gasteiger partial charge in [0.25, 0.3) is 16.5 Å². The molecule has 0 radical (unpaired) electrons. The zero-order valence-corrected chi connectivity index (χ0v) is 23.2. The molecule has 1 aliphatic carbocycles. The molecule has 224 valence electrons. The zero-order chi connectivity index (χ0) is 29.9. The number of nitrogens with one attached hydrogen (secondary N) is 2. The van der Waals surface area contributed by atoms with E-state index in [1.807, 2.05) is 0 Å². The van der Waals surface area contributed by atoms with Gasteiger partial charge in [0.1, 0.15) is 22.9 Å². The van der Waals surface area contributed by atoms with Crippen LogP contribution in [0.15, 0.2) is 59.9 Å². The molecule has 2 aromatic carbocycles. The molecule has 1 saturated carbocycles. The van der Waals surface area contributed by atoms with E-state index in [2.05, 4.69) is 24.9 Å². The van der Waals surface area contributed by atoms with Crippen molar-refractivity contribution in [2.45, 2.75) is 61.2 Å². The van der Waals surface area contributed by atoms with E-state index in [4.69, 9.17) is 4.74 Å². The Labute approximate surface area is 240 Å². The Balaban J connectivity index is 1.41. The van der Waals surface area contributed by atoms with E-state index in [1.54, 1.807) is 6.07 Å². The van der Waals surface area contributed by atoms with E-state index in [0.29, 0.717) is 24.8 Å². The molecule has 3 atom stereocenters. The Kier molecular flexibility index (Phi) is 8.64. The largest absolute Gasteiger partial charge is 0.426 e. The molecular formula is C28H29F4N5O4S. The molecule has 2 heterocycles. The van der Waals surface area contributed by atoms with Crippen molar-refractivity contribution in [2.75, 3.05) is 23.1 Å². The van der Waals surface area contributed by atoms with Crippen molar-refractivity contribution in [3.8, 4) is 5.75 Å². The highest BCUT2D eigenvalue weighted by Gasteiger charge is 2.38. The minimum Gasteiger partial charge on any atom is -0.426 e. The quantitative estimate of drug-likeness (QED) is 0.253. The van der Waals surface area contributed by atoms with Crippen molar-refractivity contribution in [2.24, 2.45) is 0 Å². The summed E-state index contributed by atoms with van der Waals surface area (Å²) in [6.07, 6.45) is 1.65. The molecular weight excluding hydrogens is 578 g/mol. The van der Waals surface area contributed by atoms with E-state index in [9.17, 15) is 26.4 Å². The number of benzene rings is 2. The zero-order valence-electron chi connectivity index (χ0n) is 22.4. The number of alkyl halides is 3. The number of aromatic nitrogens is 2. The fraction of sp³-hybridized carbons (Fsp3) is 0.393. The second-order valence-corrected chi connectivity index (χ2v) is 12.0. The third kappa shape index (κ3) is 6.65. The molecule has 0 bridgehead atoms. The Hall–Kier alpha value is -3.78. The van der Waals surface area contributed by atoms with Crippen LogP contribution in [0.4, 0.5) is 29.1 Å². The molecule has 1 saturated heterocycles. The van der Waals surface area contributed by atoms with Crippen LogP contribution in [0.1, 0.15) is 49.1 Å². The van der Waals surface area contributed by atoms with Crippen molar-refractivity contribution in [3.63, 3.8) is 0 Å². The summed E-state index contributed by atoms with van der Waals surface area (Å²) in [5, 5.41) is 3.26. The number of likely N-dealkylation sites (tertiary alicyclic amines) is 1. The van der Waals surface area contributed by atoms with Gasteiger partial charge in [0.2, 0.25) is 0 Å². The van der Waals surface area contributed by atoms with Gasteiger partial charge >= 0.3 is 6.18 Å². The second-order valence-electron chi connectivity index (χ2n) is 10.4. The Morgan fingerprint density at radius 2 is 1.86 bits per heavy atom. The normalized spacial score (nSPS) is 21.6. The number of carbonyl (C=O) groups excluding carboxylic acids is 1. The summed E-state index contributed by atoms with van der Waals surface area (Å²) < 4.78 is 88.5. The van der Waals surface area contributed by atoms with Crippen LogP contribution in [0, 0.1) is 5.82 Å². The summed E-state index contributed by atoms with van der Waals surface area (Å²) in [7, 11) is -4.44. The first-order valence-corrected chi connectivity index (χ1v) is 14.9.